The molecule has 2 heterocycles. The number of hydrogen-bond donors (Lipinski definition) is 0. The molecule has 146 valence electrons. The molecule has 3 aromatic rings. The second kappa shape index (κ2) is 7.54. The summed E-state index contributed by atoms with van der Waals surface area (Å²) in [6.45, 7) is 1.00. The van der Waals surface area contributed by atoms with Gasteiger partial charge in [0.15, 0.2) is 0 Å². The van der Waals surface area contributed by atoms with Crippen molar-refractivity contribution in [3.8, 4) is 28.7 Å². The summed E-state index contributed by atoms with van der Waals surface area (Å²) in [4.78, 5) is 0.0469. The fourth-order valence-electron chi connectivity index (χ4n) is 3.17. The van der Waals surface area contributed by atoms with E-state index in [0.717, 1.165) is 12.8 Å². The van der Waals surface area contributed by atoms with Crippen molar-refractivity contribution in [3.05, 3.63) is 47.5 Å². The topological polar surface area (TPSA) is 85.5 Å². The molecule has 1 aliphatic rings. The lowest BCUT2D eigenvalue weighted by Crippen LogP contribution is -2.28. The zero-order valence-corrected chi connectivity index (χ0v) is 16.7. The van der Waals surface area contributed by atoms with Gasteiger partial charge in [0.05, 0.1) is 17.7 Å². The number of para-hydroxylation sites is 1. The molecule has 1 fully saturated rings. The molecule has 0 amide bonds. The van der Waals surface area contributed by atoms with Crippen LogP contribution in [0.5, 0.6) is 5.75 Å². The predicted octanol–water partition coefficient (Wildman–Crippen LogP) is 3.85. The molecule has 0 bridgehead atoms. The molecule has 0 aliphatic carbocycles. The summed E-state index contributed by atoms with van der Waals surface area (Å²) >= 11 is 6.20. The summed E-state index contributed by atoms with van der Waals surface area (Å²) in [5, 5.41) is 8.31. The number of rotatable bonds is 5. The Morgan fingerprint density at radius 1 is 1.07 bits per heavy atom. The number of halogens is 1. The number of aromatic nitrogens is 2. The maximum absolute atomic E-state index is 12.9. The first-order valence-electron chi connectivity index (χ1n) is 8.77. The smallest absolute Gasteiger partial charge is 0.251 e. The van der Waals surface area contributed by atoms with Crippen LogP contribution in [0.1, 0.15) is 12.8 Å². The van der Waals surface area contributed by atoms with Crippen molar-refractivity contribution >= 4 is 21.6 Å². The first kappa shape index (κ1) is 18.9. The highest BCUT2D eigenvalue weighted by molar-refractivity contribution is 7.89. The largest absolute Gasteiger partial charge is 0.496 e. The number of sulfonamides is 1. The second-order valence-corrected chi connectivity index (χ2v) is 8.68. The third-order valence-corrected chi connectivity index (χ3v) is 7.00. The summed E-state index contributed by atoms with van der Waals surface area (Å²) in [6, 6.07) is 12.0. The maximum Gasteiger partial charge on any atom is 0.251 e. The van der Waals surface area contributed by atoms with Crippen LogP contribution >= 0.6 is 11.6 Å². The van der Waals surface area contributed by atoms with Crippen LogP contribution in [0.15, 0.2) is 51.8 Å². The van der Waals surface area contributed by atoms with Gasteiger partial charge in [-0.25, -0.2) is 8.42 Å². The van der Waals surface area contributed by atoms with E-state index in [0.29, 0.717) is 30.0 Å². The van der Waals surface area contributed by atoms with Crippen LogP contribution in [0, 0.1) is 0 Å². The molecule has 0 atom stereocenters. The van der Waals surface area contributed by atoms with Crippen molar-refractivity contribution in [1.29, 1.82) is 0 Å². The Kier molecular flexibility index (Phi) is 5.09. The van der Waals surface area contributed by atoms with E-state index in [1.54, 1.807) is 25.3 Å². The van der Waals surface area contributed by atoms with Crippen LogP contribution in [0.3, 0.4) is 0 Å². The van der Waals surface area contributed by atoms with Gasteiger partial charge < -0.3 is 9.15 Å². The molecule has 1 aromatic heterocycles. The second-order valence-electron chi connectivity index (χ2n) is 6.37. The maximum atomic E-state index is 12.9. The third-order valence-electron chi connectivity index (χ3n) is 4.62. The fourth-order valence-corrected chi connectivity index (χ4v) is 5.19. The highest BCUT2D eigenvalue weighted by atomic mass is 35.5. The van der Waals surface area contributed by atoms with E-state index in [-0.39, 0.29) is 21.7 Å². The van der Waals surface area contributed by atoms with E-state index in [9.17, 15) is 8.42 Å². The first-order chi connectivity index (χ1) is 13.5. The van der Waals surface area contributed by atoms with E-state index in [1.165, 1.54) is 16.4 Å². The van der Waals surface area contributed by atoms with Crippen molar-refractivity contribution in [2.24, 2.45) is 0 Å². The standard InChI is InChI=1S/C19H18ClN3O4S/c1-26-16-7-3-2-6-14(16)19-22-21-18(27-19)13-8-9-15(20)17(12-13)28(24,25)23-10-4-5-11-23/h2-3,6-9,12H,4-5,10-11H2,1H3. The molecule has 0 unspecified atom stereocenters. The molecule has 0 N–H and O–H groups in total. The van der Waals surface area contributed by atoms with Gasteiger partial charge in [-0.3, -0.25) is 0 Å². The summed E-state index contributed by atoms with van der Waals surface area (Å²) in [5.74, 6) is 1.09. The molecule has 0 radical (unpaired) electrons. The SMILES string of the molecule is COc1ccccc1-c1nnc(-c2ccc(Cl)c(S(=O)(=O)N3CCCC3)c2)o1. The van der Waals surface area contributed by atoms with Crippen LogP contribution in [0.2, 0.25) is 5.02 Å². The third kappa shape index (κ3) is 3.39. The number of methoxy groups -OCH3 is 1. The lowest BCUT2D eigenvalue weighted by atomic mass is 10.2. The molecule has 1 aliphatic heterocycles. The Labute approximate surface area is 168 Å². The number of hydrogen-bond acceptors (Lipinski definition) is 6. The van der Waals surface area contributed by atoms with Crippen LogP contribution < -0.4 is 4.74 Å². The lowest BCUT2D eigenvalue weighted by Gasteiger charge is -2.16. The molecule has 1 saturated heterocycles. The number of ether oxygens (including phenoxy) is 1. The minimum absolute atomic E-state index is 0.0469. The molecule has 0 saturated carbocycles. The molecular weight excluding hydrogens is 402 g/mol. The van der Waals surface area contributed by atoms with Gasteiger partial charge in [0, 0.05) is 18.7 Å². The number of nitrogens with zero attached hydrogens (tertiary/aromatic N) is 3. The van der Waals surface area contributed by atoms with Crippen LogP contribution in [-0.2, 0) is 10.0 Å². The van der Waals surface area contributed by atoms with E-state index >= 15 is 0 Å². The summed E-state index contributed by atoms with van der Waals surface area (Å²) < 4.78 is 38.4. The Morgan fingerprint density at radius 3 is 2.54 bits per heavy atom. The zero-order chi connectivity index (χ0) is 19.7. The lowest BCUT2D eigenvalue weighted by molar-refractivity contribution is 0.414. The van der Waals surface area contributed by atoms with Gasteiger partial charge in [0.2, 0.25) is 15.9 Å². The summed E-state index contributed by atoms with van der Waals surface area (Å²) in [5.41, 5.74) is 1.14. The average Bonchev–Trinajstić information content (AvgIpc) is 3.40. The van der Waals surface area contributed by atoms with Crippen LogP contribution in [-0.4, -0.2) is 43.1 Å². The Bertz CT molecular complexity index is 1110. The van der Waals surface area contributed by atoms with E-state index < -0.39 is 10.0 Å². The van der Waals surface area contributed by atoms with Gasteiger partial charge in [0.25, 0.3) is 5.89 Å². The monoisotopic (exact) mass is 419 g/mol. The van der Waals surface area contributed by atoms with Gasteiger partial charge in [-0.1, -0.05) is 23.7 Å². The van der Waals surface area contributed by atoms with E-state index in [2.05, 4.69) is 10.2 Å². The van der Waals surface area contributed by atoms with Gasteiger partial charge in [0.1, 0.15) is 10.6 Å². The van der Waals surface area contributed by atoms with E-state index in [1.807, 2.05) is 12.1 Å². The Hall–Kier alpha value is -2.42. The molecule has 4 rings (SSSR count). The van der Waals surface area contributed by atoms with Crippen LogP contribution in [0.4, 0.5) is 0 Å². The van der Waals surface area contributed by atoms with Crippen LogP contribution in [0.25, 0.3) is 22.9 Å². The van der Waals surface area contributed by atoms with Crippen molar-refractivity contribution in [2.45, 2.75) is 17.7 Å². The minimum Gasteiger partial charge on any atom is -0.496 e. The van der Waals surface area contributed by atoms with Gasteiger partial charge in [-0.05, 0) is 43.2 Å². The highest BCUT2D eigenvalue weighted by Gasteiger charge is 2.29. The quantitative estimate of drug-likeness (QED) is 0.624. The summed E-state index contributed by atoms with van der Waals surface area (Å²) in [7, 11) is -2.10. The minimum atomic E-state index is -3.66. The molecular formula is C19H18ClN3O4S. The fraction of sp³-hybridized carbons (Fsp3) is 0.263. The normalized spacial score (nSPS) is 15.1. The molecule has 0 spiro atoms. The van der Waals surface area contributed by atoms with Crippen molar-refractivity contribution in [2.75, 3.05) is 20.2 Å². The van der Waals surface area contributed by atoms with Crippen molar-refractivity contribution in [3.63, 3.8) is 0 Å². The average molecular weight is 420 g/mol. The molecule has 9 heteroatoms. The van der Waals surface area contributed by atoms with Crippen molar-refractivity contribution < 1.29 is 17.6 Å². The van der Waals surface area contributed by atoms with Crippen molar-refractivity contribution in [1.82, 2.24) is 14.5 Å². The predicted molar refractivity (Wildman–Crippen MR) is 105 cm³/mol. The first-order valence-corrected chi connectivity index (χ1v) is 10.6. The van der Waals surface area contributed by atoms with Gasteiger partial charge >= 0.3 is 0 Å². The van der Waals surface area contributed by atoms with Gasteiger partial charge in [-0.15, -0.1) is 10.2 Å². The highest BCUT2D eigenvalue weighted by Crippen LogP contribution is 2.34. The Balaban J connectivity index is 1.72. The van der Waals surface area contributed by atoms with Gasteiger partial charge in [-0.2, -0.15) is 4.31 Å². The molecule has 28 heavy (non-hydrogen) atoms. The molecule has 7 nitrogen and oxygen atoms in total. The Morgan fingerprint density at radius 2 is 1.79 bits per heavy atom. The molecule has 2 aromatic carbocycles. The van der Waals surface area contributed by atoms with E-state index in [4.69, 9.17) is 20.8 Å². The summed E-state index contributed by atoms with van der Waals surface area (Å²) in [6.07, 6.45) is 1.70. The zero-order valence-electron chi connectivity index (χ0n) is 15.1. The number of benzene rings is 2.